The molecule has 0 spiro atoms. The number of morpholine rings is 1. The van der Waals surface area contributed by atoms with E-state index in [1.165, 1.54) is 18.4 Å². The molecule has 0 N–H and O–H groups in total. The Morgan fingerprint density at radius 1 is 1.08 bits per heavy atom. The average Bonchev–Trinajstić information content (AvgIpc) is 2.54. The van der Waals surface area contributed by atoms with E-state index in [1.807, 2.05) is 24.0 Å². The van der Waals surface area contributed by atoms with Crippen molar-refractivity contribution in [1.29, 1.82) is 0 Å². The standard InChI is InChI=1S/C18H20FNO3S/c1-13-11-20(16-5-3-4-6-18(16)24(2,21)22)12-17(23-13)14-7-9-15(19)10-8-14/h3-10,13,17H,11-12H2,1-2H3. The summed E-state index contributed by atoms with van der Waals surface area (Å²) in [5.41, 5.74) is 1.56. The van der Waals surface area contributed by atoms with Crippen LogP contribution in [0.1, 0.15) is 18.6 Å². The molecule has 6 heteroatoms. The first kappa shape index (κ1) is 16.9. The van der Waals surface area contributed by atoms with Crippen molar-refractivity contribution in [3.63, 3.8) is 0 Å². The van der Waals surface area contributed by atoms with Crippen LogP contribution in [-0.2, 0) is 14.6 Å². The van der Waals surface area contributed by atoms with Crippen LogP contribution in [0.15, 0.2) is 53.4 Å². The Morgan fingerprint density at radius 3 is 2.42 bits per heavy atom. The minimum Gasteiger partial charge on any atom is -0.367 e. The zero-order valence-electron chi connectivity index (χ0n) is 13.6. The lowest BCUT2D eigenvalue weighted by Crippen LogP contribution is -2.43. The van der Waals surface area contributed by atoms with Gasteiger partial charge < -0.3 is 9.64 Å². The van der Waals surface area contributed by atoms with Crippen molar-refractivity contribution >= 4 is 15.5 Å². The maximum atomic E-state index is 13.1. The van der Waals surface area contributed by atoms with Crippen molar-refractivity contribution in [3.05, 3.63) is 59.9 Å². The van der Waals surface area contributed by atoms with Crippen molar-refractivity contribution in [3.8, 4) is 0 Å². The van der Waals surface area contributed by atoms with Gasteiger partial charge in [0.2, 0.25) is 0 Å². The Hall–Kier alpha value is -1.92. The zero-order valence-corrected chi connectivity index (χ0v) is 14.5. The Balaban J connectivity index is 1.93. The molecule has 1 aliphatic heterocycles. The molecule has 0 radical (unpaired) electrons. The molecule has 0 amide bonds. The molecule has 1 aliphatic rings. The van der Waals surface area contributed by atoms with Gasteiger partial charge in [-0.25, -0.2) is 12.8 Å². The molecule has 24 heavy (non-hydrogen) atoms. The van der Waals surface area contributed by atoms with Gasteiger partial charge in [0.1, 0.15) is 11.9 Å². The van der Waals surface area contributed by atoms with Crippen molar-refractivity contribution in [2.24, 2.45) is 0 Å². The van der Waals surface area contributed by atoms with Crippen molar-refractivity contribution < 1.29 is 17.5 Å². The molecular formula is C18H20FNO3S. The van der Waals surface area contributed by atoms with Crippen LogP contribution >= 0.6 is 0 Å². The quantitative estimate of drug-likeness (QED) is 0.854. The summed E-state index contributed by atoms with van der Waals surface area (Å²) >= 11 is 0. The third-order valence-electron chi connectivity index (χ3n) is 4.11. The van der Waals surface area contributed by atoms with Crippen LogP contribution in [0, 0.1) is 5.82 Å². The third-order valence-corrected chi connectivity index (χ3v) is 5.25. The van der Waals surface area contributed by atoms with E-state index in [0.717, 1.165) is 5.56 Å². The van der Waals surface area contributed by atoms with Gasteiger partial charge in [0.05, 0.1) is 16.7 Å². The normalized spacial score (nSPS) is 21.7. The highest BCUT2D eigenvalue weighted by molar-refractivity contribution is 7.90. The maximum Gasteiger partial charge on any atom is 0.177 e. The summed E-state index contributed by atoms with van der Waals surface area (Å²) in [5, 5.41) is 0. The second-order valence-corrected chi connectivity index (χ2v) is 8.12. The van der Waals surface area contributed by atoms with Gasteiger partial charge in [0.25, 0.3) is 0 Å². The minimum absolute atomic E-state index is 0.0681. The van der Waals surface area contributed by atoms with E-state index in [2.05, 4.69) is 0 Å². The number of hydrogen-bond acceptors (Lipinski definition) is 4. The molecular weight excluding hydrogens is 329 g/mol. The van der Waals surface area contributed by atoms with Crippen LogP contribution in [0.5, 0.6) is 0 Å². The fraction of sp³-hybridized carbons (Fsp3) is 0.333. The molecule has 0 bridgehead atoms. The highest BCUT2D eigenvalue weighted by Crippen LogP contribution is 2.32. The lowest BCUT2D eigenvalue weighted by molar-refractivity contribution is -0.0175. The van der Waals surface area contributed by atoms with Crippen molar-refractivity contribution in [2.45, 2.75) is 24.0 Å². The van der Waals surface area contributed by atoms with E-state index in [9.17, 15) is 12.8 Å². The molecule has 128 valence electrons. The Morgan fingerprint density at radius 2 is 1.75 bits per heavy atom. The largest absolute Gasteiger partial charge is 0.367 e. The zero-order chi connectivity index (χ0) is 17.3. The number of sulfone groups is 1. The van der Waals surface area contributed by atoms with E-state index >= 15 is 0 Å². The summed E-state index contributed by atoms with van der Waals surface area (Å²) in [7, 11) is -3.32. The molecule has 2 aromatic rings. The van der Waals surface area contributed by atoms with Crippen LogP contribution in [0.3, 0.4) is 0 Å². The fourth-order valence-corrected chi connectivity index (χ4v) is 3.94. The number of halogens is 1. The summed E-state index contributed by atoms with van der Waals surface area (Å²) in [4.78, 5) is 2.34. The van der Waals surface area contributed by atoms with Crippen molar-refractivity contribution in [1.82, 2.24) is 0 Å². The topological polar surface area (TPSA) is 46.6 Å². The predicted molar refractivity (Wildman–Crippen MR) is 91.5 cm³/mol. The van der Waals surface area contributed by atoms with Crippen LogP contribution in [0.4, 0.5) is 10.1 Å². The predicted octanol–water partition coefficient (Wildman–Crippen LogP) is 3.20. The van der Waals surface area contributed by atoms with Gasteiger partial charge in [-0.1, -0.05) is 24.3 Å². The average molecular weight is 349 g/mol. The SMILES string of the molecule is CC1CN(c2ccccc2S(C)(=O)=O)CC(c2ccc(F)cc2)O1. The minimum atomic E-state index is -3.32. The molecule has 1 fully saturated rings. The molecule has 2 aromatic carbocycles. The van der Waals surface area contributed by atoms with Gasteiger partial charge in [-0.3, -0.25) is 0 Å². The van der Waals surface area contributed by atoms with Crippen LogP contribution in [0.2, 0.25) is 0 Å². The molecule has 3 rings (SSSR count). The molecule has 2 atom stereocenters. The number of anilines is 1. The van der Waals surface area contributed by atoms with Gasteiger partial charge in [0.15, 0.2) is 9.84 Å². The first-order valence-electron chi connectivity index (χ1n) is 7.79. The van der Waals surface area contributed by atoms with E-state index in [4.69, 9.17) is 4.74 Å². The summed E-state index contributed by atoms with van der Waals surface area (Å²) in [6.45, 7) is 3.07. The second-order valence-electron chi connectivity index (χ2n) is 6.13. The maximum absolute atomic E-state index is 13.1. The van der Waals surface area contributed by atoms with Crippen LogP contribution < -0.4 is 4.90 Å². The molecule has 4 nitrogen and oxygen atoms in total. The number of rotatable bonds is 3. The number of nitrogens with zero attached hydrogens (tertiary/aromatic N) is 1. The lowest BCUT2D eigenvalue weighted by atomic mass is 10.1. The molecule has 0 saturated carbocycles. The molecule has 1 saturated heterocycles. The summed E-state index contributed by atoms with van der Waals surface area (Å²) in [5.74, 6) is -0.290. The van der Waals surface area contributed by atoms with Gasteiger partial charge in [-0.2, -0.15) is 0 Å². The second kappa shape index (κ2) is 6.53. The summed E-state index contributed by atoms with van der Waals surface area (Å²) < 4.78 is 43.2. The Bertz CT molecular complexity index is 820. The first-order valence-corrected chi connectivity index (χ1v) is 9.68. The number of hydrogen-bond donors (Lipinski definition) is 0. The molecule has 0 aliphatic carbocycles. The number of benzene rings is 2. The number of para-hydroxylation sites is 1. The Kier molecular flexibility index (Phi) is 4.60. The Labute approximate surface area is 141 Å². The van der Waals surface area contributed by atoms with Gasteiger partial charge >= 0.3 is 0 Å². The third kappa shape index (κ3) is 3.60. The van der Waals surface area contributed by atoms with E-state index in [1.54, 1.807) is 24.3 Å². The van der Waals surface area contributed by atoms with Crippen molar-refractivity contribution in [2.75, 3.05) is 24.2 Å². The monoisotopic (exact) mass is 349 g/mol. The fourth-order valence-electron chi connectivity index (χ4n) is 3.04. The molecule has 2 unspecified atom stereocenters. The van der Waals surface area contributed by atoms with Gasteiger partial charge in [-0.15, -0.1) is 0 Å². The highest BCUT2D eigenvalue weighted by atomic mass is 32.2. The smallest absolute Gasteiger partial charge is 0.177 e. The first-order chi connectivity index (χ1) is 11.3. The number of ether oxygens (including phenoxy) is 1. The lowest BCUT2D eigenvalue weighted by Gasteiger charge is -2.39. The molecule has 0 aromatic heterocycles. The summed E-state index contributed by atoms with van der Waals surface area (Å²) in [6.07, 6.45) is 0.913. The highest BCUT2D eigenvalue weighted by Gasteiger charge is 2.29. The van der Waals surface area contributed by atoms with Crippen LogP contribution in [0.25, 0.3) is 0 Å². The van der Waals surface area contributed by atoms with E-state index in [0.29, 0.717) is 23.7 Å². The van der Waals surface area contributed by atoms with E-state index in [-0.39, 0.29) is 18.0 Å². The summed E-state index contributed by atoms with van der Waals surface area (Å²) in [6, 6.07) is 13.2. The van der Waals surface area contributed by atoms with Gasteiger partial charge in [0, 0.05) is 19.3 Å². The van der Waals surface area contributed by atoms with Crippen LogP contribution in [-0.4, -0.2) is 33.9 Å². The van der Waals surface area contributed by atoms with E-state index < -0.39 is 9.84 Å². The molecule has 1 heterocycles. The van der Waals surface area contributed by atoms with Gasteiger partial charge in [-0.05, 0) is 36.8 Å².